The molecule has 0 bridgehead atoms. The molecule has 0 unspecified atom stereocenters. The molecule has 0 saturated carbocycles. The number of hydrogen-bond acceptors (Lipinski definition) is 4. The predicted octanol–water partition coefficient (Wildman–Crippen LogP) is 3.79. The maximum absolute atomic E-state index is 13.6. The van der Waals surface area contributed by atoms with Crippen LogP contribution in [0.25, 0.3) is 0 Å². The van der Waals surface area contributed by atoms with Crippen LogP contribution >= 0.6 is 11.6 Å². The van der Waals surface area contributed by atoms with Crippen LogP contribution in [0, 0.1) is 25.7 Å². The predicted molar refractivity (Wildman–Crippen MR) is 115 cm³/mol. The van der Waals surface area contributed by atoms with E-state index in [0.29, 0.717) is 16.3 Å². The number of hydrogen-bond donors (Lipinski definition) is 0. The van der Waals surface area contributed by atoms with E-state index in [4.69, 9.17) is 11.6 Å². The number of Topliss-reactive ketones (excluding diaryl/α,β-unsaturated/α-hetero) is 1. The van der Waals surface area contributed by atoms with Gasteiger partial charge in [-0.2, -0.15) is 0 Å². The maximum Gasteiger partial charge on any atom is 0.239 e. The normalized spacial score (nSPS) is 28.2. The zero-order valence-electron chi connectivity index (χ0n) is 17.0. The van der Waals surface area contributed by atoms with E-state index in [2.05, 4.69) is 4.90 Å². The Kier molecular flexibility index (Phi) is 4.56. The van der Waals surface area contributed by atoms with Crippen molar-refractivity contribution in [3.05, 3.63) is 64.2 Å². The standard InChI is InChI=1S/C24H23ClN2O3/c1-13-10-14(2)12-17(11-13)27-23(29)19-18-4-3-9-26(18)21(20(19)24(27)30)22(28)15-5-7-16(25)8-6-15/h5-8,10-12,18-21H,3-4,9H2,1-2H3/t18-,19+,20+,21+/m0/s1. The first kappa shape index (κ1) is 19.5. The van der Waals surface area contributed by atoms with Gasteiger partial charge in [-0.1, -0.05) is 17.7 Å². The second kappa shape index (κ2) is 7.03. The summed E-state index contributed by atoms with van der Waals surface area (Å²) in [6.45, 7) is 4.65. The number of nitrogens with zero attached hydrogens (tertiary/aromatic N) is 2. The second-order valence-corrected chi connectivity index (χ2v) is 9.11. The fourth-order valence-corrected chi connectivity index (χ4v) is 5.76. The number of aryl methyl sites for hydroxylation is 2. The van der Waals surface area contributed by atoms with Crippen LogP contribution in [0.15, 0.2) is 42.5 Å². The third-order valence-corrected chi connectivity index (χ3v) is 6.97. The lowest BCUT2D eigenvalue weighted by Gasteiger charge is -2.27. The van der Waals surface area contributed by atoms with Gasteiger partial charge in [0.1, 0.15) is 0 Å². The molecular weight excluding hydrogens is 400 g/mol. The quantitative estimate of drug-likeness (QED) is 0.557. The monoisotopic (exact) mass is 422 g/mol. The van der Waals surface area contributed by atoms with Crippen LogP contribution in [-0.2, 0) is 9.59 Å². The lowest BCUT2D eigenvalue weighted by Crippen LogP contribution is -2.46. The van der Waals surface area contributed by atoms with Crippen molar-refractivity contribution in [2.24, 2.45) is 11.8 Å². The van der Waals surface area contributed by atoms with Gasteiger partial charge in [0, 0.05) is 16.6 Å². The Hall–Kier alpha value is -2.50. The van der Waals surface area contributed by atoms with Gasteiger partial charge >= 0.3 is 0 Å². The first-order valence-corrected chi connectivity index (χ1v) is 10.8. The van der Waals surface area contributed by atoms with E-state index in [9.17, 15) is 14.4 Å². The third kappa shape index (κ3) is 2.83. The summed E-state index contributed by atoms with van der Waals surface area (Å²) in [7, 11) is 0. The fraction of sp³-hybridized carbons (Fsp3) is 0.375. The van der Waals surface area contributed by atoms with Crippen LogP contribution in [0.4, 0.5) is 5.69 Å². The Morgan fingerprint density at radius 3 is 2.27 bits per heavy atom. The summed E-state index contributed by atoms with van der Waals surface area (Å²) in [5.41, 5.74) is 3.14. The molecule has 2 aromatic carbocycles. The zero-order chi connectivity index (χ0) is 21.2. The van der Waals surface area contributed by atoms with Crippen LogP contribution in [0.2, 0.25) is 5.02 Å². The van der Waals surface area contributed by atoms with Crippen LogP contribution in [0.5, 0.6) is 0 Å². The summed E-state index contributed by atoms with van der Waals surface area (Å²) in [4.78, 5) is 43.9. The van der Waals surface area contributed by atoms with Crippen LogP contribution in [0.1, 0.15) is 34.3 Å². The van der Waals surface area contributed by atoms with Gasteiger partial charge in [-0.05, 0) is 80.8 Å². The highest BCUT2D eigenvalue weighted by Gasteiger charge is 2.64. The number of benzene rings is 2. The Bertz CT molecular complexity index is 1040. The summed E-state index contributed by atoms with van der Waals surface area (Å²) in [6, 6.07) is 11.9. The molecule has 30 heavy (non-hydrogen) atoms. The maximum atomic E-state index is 13.6. The van der Waals surface area contributed by atoms with Crippen LogP contribution in [-0.4, -0.2) is 41.1 Å². The topological polar surface area (TPSA) is 57.7 Å². The third-order valence-electron chi connectivity index (χ3n) is 6.71. The summed E-state index contributed by atoms with van der Waals surface area (Å²) < 4.78 is 0. The Labute approximate surface area is 180 Å². The zero-order valence-corrected chi connectivity index (χ0v) is 17.7. The second-order valence-electron chi connectivity index (χ2n) is 8.67. The highest BCUT2D eigenvalue weighted by atomic mass is 35.5. The van der Waals surface area contributed by atoms with Gasteiger partial charge in [0.15, 0.2) is 5.78 Å². The molecule has 0 spiro atoms. The van der Waals surface area contributed by atoms with E-state index in [1.807, 2.05) is 32.0 Å². The Balaban J connectivity index is 1.56. The number of carbonyl (C=O) groups is 3. The number of imide groups is 1. The molecule has 2 aromatic rings. The van der Waals surface area contributed by atoms with E-state index >= 15 is 0 Å². The van der Waals surface area contributed by atoms with Gasteiger partial charge in [-0.3, -0.25) is 19.3 Å². The van der Waals surface area contributed by atoms with E-state index in [1.54, 1.807) is 24.3 Å². The van der Waals surface area contributed by atoms with Crippen molar-refractivity contribution in [3.8, 4) is 0 Å². The molecule has 0 aliphatic carbocycles. The van der Waals surface area contributed by atoms with Gasteiger partial charge in [0.25, 0.3) is 0 Å². The molecule has 2 amide bonds. The molecule has 5 nitrogen and oxygen atoms in total. The van der Waals surface area contributed by atoms with Gasteiger partial charge in [-0.25, -0.2) is 4.90 Å². The van der Waals surface area contributed by atoms with Crippen LogP contribution in [0.3, 0.4) is 0 Å². The number of halogens is 1. The summed E-state index contributed by atoms with van der Waals surface area (Å²) in [6.07, 6.45) is 1.77. The first-order chi connectivity index (χ1) is 14.4. The number of rotatable bonds is 3. The average molecular weight is 423 g/mol. The van der Waals surface area contributed by atoms with Crippen LogP contribution < -0.4 is 4.90 Å². The van der Waals surface area contributed by atoms with E-state index in [-0.39, 0.29) is 23.6 Å². The van der Waals surface area contributed by atoms with Crippen molar-refractivity contribution in [1.29, 1.82) is 0 Å². The van der Waals surface area contributed by atoms with Gasteiger partial charge < -0.3 is 0 Å². The van der Waals surface area contributed by atoms with E-state index in [1.165, 1.54) is 4.90 Å². The van der Waals surface area contributed by atoms with E-state index in [0.717, 1.165) is 30.5 Å². The molecular formula is C24H23ClN2O3. The molecule has 3 saturated heterocycles. The van der Waals surface area contributed by atoms with Gasteiger partial charge in [0.2, 0.25) is 11.8 Å². The Morgan fingerprint density at radius 2 is 1.60 bits per heavy atom. The van der Waals surface area contributed by atoms with Crippen molar-refractivity contribution < 1.29 is 14.4 Å². The number of anilines is 1. The van der Waals surface area contributed by atoms with Crippen molar-refractivity contribution in [2.45, 2.75) is 38.8 Å². The molecule has 5 rings (SSSR count). The molecule has 154 valence electrons. The Morgan fingerprint density at radius 1 is 0.967 bits per heavy atom. The van der Waals surface area contributed by atoms with Crippen molar-refractivity contribution in [3.63, 3.8) is 0 Å². The molecule has 4 atom stereocenters. The minimum absolute atomic E-state index is 0.0522. The average Bonchev–Trinajstić information content (AvgIpc) is 3.33. The molecule has 3 fully saturated rings. The molecule has 0 N–H and O–H groups in total. The van der Waals surface area contributed by atoms with Crippen molar-refractivity contribution in [2.75, 3.05) is 11.4 Å². The molecule has 3 heterocycles. The number of ketones is 1. The summed E-state index contributed by atoms with van der Waals surface area (Å²) in [5, 5.41) is 0.558. The lowest BCUT2D eigenvalue weighted by atomic mass is 9.85. The minimum atomic E-state index is -0.633. The number of amides is 2. The molecule has 3 aliphatic rings. The fourth-order valence-electron chi connectivity index (χ4n) is 5.63. The molecule has 6 heteroatoms. The summed E-state index contributed by atoms with van der Waals surface area (Å²) in [5.74, 6) is -1.61. The highest BCUT2D eigenvalue weighted by molar-refractivity contribution is 6.30. The van der Waals surface area contributed by atoms with Gasteiger partial charge in [0.05, 0.1) is 23.6 Å². The summed E-state index contributed by atoms with van der Waals surface area (Å²) >= 11 is 5.98. The number of fused-ring (bicyclic) bond motifs is 3. The molecule has 0 radical (unpaired) electrons. The number of carbonyl (C=O) groups excluding carboxylic acids is 3. The molecule has 3 aliphatic heterocycles. The van der Waals surface area contributed by atoms with Gasteiger partial charge in [-0.15, -0.1) is 0 Å². The largest absolute Gasteiger partial charge is 0.292 e. The van der Waals surface area contributed by atoms with Crippen molar-refractivity contribution in [1.82, 2.24) is 4.90 Å². The lowest BCUT2D eigenvalue weighted by molar-refractivity contribution is -0.123. The smallest absolute Gasteiger partial charge is 0.239 e. The SMILES string of the molecule is Cc1cc(C)cc(N2C(=O)[C@@H]3[C@H](C2=O)[C@@H]2CCCN2[C@H]3C(=O)c2ccc(Cl)cc2)c1. The van der Waals surface area contributed by atoms with E-state index < -0.39 is 17.9 Å². The first-order valence-electron chi connectivity index (χ1n) is 10.4. The highest BCUT2D eigenvalue weighted by Crippen LogP contribution is 2.48. The molecule has 0 aromatic heterocycles. The minimum Gasteiger partial charge on any atom is -0.292 e. The van der Waals surface area contributed by atoms with Crippen molar-refractivity contribution >= 4 is 34.9 Å².